The van der Waals surface area contributed by atoms with Gasteiger partial charge in [0.1, 0.15) is 0 Å². The lowest BCUT2D eigenvalue weighted by atomic mass is 10.1. The van der Waals surface area contributed by atoms with Crippen LogP contribution in [0.4, 0.5) is 0 Å². The Balaban J connectivity index is 0.00000320. The maximum absolute atomic E-state index is 5.25. The monoisotopic (exact) mass is 529 g/mol. The van der Waals surface area contributed by atoms with Crippen molar-refractivity contribution in [2.24, 2.45) is 4.99 Å². The number of nitrogens with zero attached hydrogens (tertiary/aromatic N) is 3. The largest absolute Gasteiger partial charge is 0.383 e. The van der Waals surface area contributed by atoms with Crippen molar-refractivity contribution < 1.29 is 4.74 Å². The Morgan fingerprint density at radius 1 is 1.10 bits per heavy atom. The van der Waals surface area contributed by atoms with Crippen LogP contribution in [0.1, 0.15) is 43.7 Å². The summed E-state index contributed by atoms with van der Waals surface area (Å²) in [6.45, 7) is 11.0. The molecule has 170 valence electrons. The third-order valence-electron chi connectivity index (χ3n) is 5.73. The highest BCUT2D eigenvalue weighted by molar-refractivity contribution is 14.0. The molecule has 0 radical (unpaired) electrons. The highest BCUT2D eigenvalue weighted by atomic mass is 127. The second-order valence-electron chi connectivity index (χ2n) is 8.18. The third-order valence-corrected chi connectivity index (χ3v) is 5.73. The number of nitrogens with one attached hydrogen (secondary N) is 2. The van der Waals surface area contributed by atoms with Crippen LogP contribution in [0.15, 0.2) is 29.3 Å². The average molecular weight is 530 g/mol. The molecular formula is C23H40IN5O. The van der Waals surface area contributed by atoms with Crippen molar-refractivity contribution in [3.8, 4) is 0 Å². The minimum atomic E-state index is 0. The summed E-state index contributed by atoms with van der Waals surface area (Å²) in [5, 5.41) is 6.85. The SMILES string of the molecule is CCNC(=NCc1ccc(CN2CCCC2)cc1)NCCN(CCOC)C1CC1.I. The molecular weight excluding hydrogens is 489 g/mol. The van der Waals surface area contributed by atoms with Crippen molar-refractivity contribution in [3.05, 3.63) is 35.4 Å². The van der Waals surface area contributed by atoms with Gasteiger partial charge in [-0.1, -0.05) is 24.3 Å². The van der Waals surface area contributed by atoms with Crippen molar-refractivity contribution in [1.29, 1.82) is 0 Å². The van der Waals surface area contributed by atoms with E-state index in [4.69, 9.17) is 9.73 Å². The van der Waals surface area contributed by atoms with E-state index in [2.05, 4.69) is 51.6 Å². The molecule has 6 nitrogen and oxygen atoms in total. The molecule has 7 heteroatoms. The summed E-state index contributed by atoms with van der Waals surface area (Å²) in [6, 6.07) is 9.71. The number of ether oxygens (including phenoxy) is 1. The van der Waals surface area contributed by atoms with E-state index in [-0.39, 0.29) is 24.0 Å². The summed E-state index contributed by atoms with van der Waals surface area (Å²) in [7, 11) is 1.78. The highest BCUT2D eigenvalue weighted by Crippen LogP contribution is 2.25. The van der Waals surface area contributed by atoms with E-state index < -0.39 is 0 Å². The third kappa shape index (κ3) is 9.08. The van der Waals surface area contributed by atoms with Gasteiger partial charge in [0, 0.05) is 45.9 Å². The Morgan fingerprint density at radius 3 is 2.43 bits per heavy atom. The first-order valence-electron chi connectivity index (χ1n) is 11.3. The number of halogens is 1. The van der Waals surface area contributed by atoms with Gasteiger partial charge in [-0.25, -0.2) is 4.99 Å². The molecule has 0 aromatic heterocycles. The zero-order chi connectivity index (χ0) is 20.3. The van der Waals surface area contributed by atoms with Crippen molar-refractivity contribution >= 4 is 29.9 Å². The highest BCUT2D eigenvalue weighted by Gasteiger charge is 2.28. The topological polar surface area (TPSA) is 52.1 Å². The minimum Gasteiger partial charge on any atom is -0.383 e. The molecule has 0 amide bonds. The number of hydrogen-bond donors (Lipinski definition) is 2. The molecule has 1 aliphatic heterocycles. The number of aliphatic imine (C=N–C) groups is 1. The second-order valence-corrected chi connectivity index (χ2v) is 8.18. The Hall–Kier alpha value is -0.900. The van der Waals surface area contributed by atoms with Gasteiger partial charge in [-0.3, -0.25) is 9.80 Å². The summed E-state index contributed by atoms with van der Waals surface area (Å²) in [5.74, 6) is 0.899. The lowest BCUT2D eigenvalue weighted by molar-refractivity contribution is 0.144. The number of benzene rings is 1. The van der Waals surface area contributed by atoms with Gasteiger partial charge in [0.2, 0.25) is 0 Å². The maximum Gasteiger partial charge on any atom is 0.191 e. The standard InChI is InChI=1S/C23H39N5O.HI/c1-3-24-23(25-12-15-28(16-17-29-2)22-10-11-22)26-18-20-6-8-21(9-7-20)19-27-13-4-5-14-27;/h6-9,22H,3-5,10-19H2,1-2H3,(H2,24,25,26);1H. The van der Waals surface area contributed by atoms with Crippen molar-refractivity contribution in [3.63, 3.8) is 0 Å². The van der Waals surface area contributed by atoms with Gasteiger partial charge >= 0.3 is 0 Å². The van der Waals surface area contributed by atoms with Gasteiger partial charge < -0.3 is 15.4 Å². The molecule has 3 rings (SSSR count). The molecule has 1 saturated heterocycles. The Kier molecular flexibility index (Phi) is 12.0. The van der Waals surface area contributed by atoms with Gasteiger partial charge in [-0.15, -0.1) is 24.0 Å². The van der Waals surface area contributed by atoms with E-state index in [1.54, 1.807) is 7.11 Å². The summed E-state index contributed by atoms with van der Waals surface area (Å²) < 4.78 is 5.25. The van der Waals surface area contributed by atoms with Crippen LogP contribution in [-0.2, 0) is 17.8 Å². The molecule has 0 bridgehead atoms. The molecule has 1 saturated carbocycles. The second kappa shape index (κ2) is 14.2. The predicted octanol–water partition coefficient (Wildman–Crippen LogP) is 3.07. The van der Waals surface area contributed by atoms with Crippen LogP contribution in [0, 0.1) is 0 Å². The predicted molar refractivity (Wildman–Crippen MR) is 136 cm³/mol. The van der Waals surface area contributed by atoms with Gasteiger partial charge in [0.05, 0.1) is 13.2 Å². The van der Waals surface area contributed by atoms with Crippen molar-refractivity contribution in [1.82, 2.24) is 20.4 Å². The number of methoxy groups -OCH3 is 1. The molecule has 2 N–H and O–H groups in total. The van der Waals surface area contributed by atoms with Crippen LogP contribution in [-0.4, -0.2) is 74.8 Å². The first kappa shape index (κ1) is 25.4. The summed E-state index contributed by atoms with van der Waals surface area (Å²) in [6.07, 6.45) is 5.34. The number of guanidine groups is 1. The van der Waals surface area contributed by atoms with Crippen LogP contribution in [0.2, 0.25) is 0 Å². The lowest BCUT2D eigenvalue weighted by Crippen LogP contribution is -2.42. The van der Waals surface area contributed by atoms with Crippen LogP contribution in [0.3, 0.4) is 0 Å². The van der Waals surface area contributed by atoms with Gasteiger partial charge in [0.15, 0.2) is 5.96 Å². The Bertz CT molecular complexity index is 615. The molecule has 1 aliphatic carbocycles. The fourth-order valence-corrected chi connectivity index (χ4v) is 3.90. The Morgan fingerprint density at radius 2 is 1.80 bits per heavy atom. The molecule has 1 aromatic rings. The normalized spacial score (nSPS) is 17.2. The van der Waals surface area contributed by atoms with E-state index in [1.165, 1.54) is 49.9 Å². The number of likely N-dealkylation sites (tertiary alicyclic amines) is 1. The van der Waals surface area contributed by atoms with Crippen LogP contribution in [0.5, 0.6) is 0 Å². The summed E-state index contributed by atoms with van der Waals surface area (Å²) in [5.41, 5.74) is 2.66. The fraction of sp³-hybridized carbons (Fsp3) is 0.696. The molecule has 1 aromatic carbocycles. The van der Waals surface area contributed by atoms with Crippen molar-refractivity contribution in [2.75, 3.05) is 53.0 Å². The number of hydrogen-bond acceptors (Lipinski definition) is 4. The van der Waals surface area contributed by atoms with Crippen LogP contribution >= 0.6 is 24.0 Å². The summed E-state index contributed by atoms with van der Waals surface area (Å²) in [4.78, 5) is 9.84. The lowest BCUT2D eigenvalue weighted by Gasteiger charge is -2.22. The molecule has 0 spiro atoms. The number of rotatable bonds is 12. The van der Waals surface area contributed by atoms with E-state index in [0.717, 1.165) is 51.3 Å². The van der Waals surface area contributed by atoms with Crippen LogP contribution < -0.4 is 10.6 Å². The zero-order valence-corrected chi connectivity index (χ0v) is 21.1. The van der Waals surface area contributed by atoms with E-state index >= 15 is 0 Å². The van der Waals surface area contributed by atoms with E-state index in [0.29, 0.717) is 6.54 Å². The molecule has 2 fully saturated rings. The van der Waals surface area contributed by atoms with Gasteiger partial charge in [-0.2, -0.15) is 0 Å². The minimum absolute atomic E-state index is 0. The molecule has 30 heavy (non-hydrogen) atoms. The maximum atomic E-state index is 5.25. The first-order chi connectivity index (χ1) is 14.3. The molecule has 2 aliphatic rings. The molecule has 0 atom stereocenters. The van der Waals surface area contributed by atoms with E-state index in [9.17, 15) is 0 Å². The van der Waals surface area contributed by atoms with Crippen molar-refractivity contribution in [2.45, 2.75) is 51.7 Å². The molecule has 1 heterocycles. The quantitative estimate of drug-likeness (QED) is 0.248. The summed E-state index contributed by atoms with van der Waals surface area (Å²) >= 11 is 0. The molecule has 0 unspecified atom stereocenters. The first-order valence-corrected chi connectivity index (χ1v) is 11.3. The van der Waals surface area contributed by atoms with E-state index in [1.807, 2.05) is 0 Å². The smallest absolute Gasteiger partial charge is 0.191 e. The fourth-order valence-electron chi connectivity index (χ4n) is 3.90. The van der Waals surface area contributed by atoms with Crippen LogP contribution in [0.25, 0.3) is 0 Å². The van der Waals surface area contributed by atoms with Gasteiger partial charge in [-0.05, 0) is 56.8 Å². The zero-order valence-electron chi connectivity index (χ0n) is 18.7. The average Bonchev–Trinajstić information content (AvgIpc) is 3.46. The van der Waals surface area contributed by atoms with Gasteiger partial charge in [0.25, 0.3) is 0 Å². The Labute approximate surface area is 199 Å².